The molecule has 1 aromatic rings. The van der Waals surface area contributed by atoms with Crippen LogP contribution in [0.25, 0.3) is 0 Å². The quantitative estimate of drug-likeness (QED) is 0.813. The van der Waals surface area contributed by atoms with Gasteiger partial charge in [-0.25, -0.2) is 8.78 Å². The van der Waals surface area contributed by atoms with E-state index in [-0.39, 0.29) is 5.56 Å². The average Bonchev–Trinajstić information content (AvgIpc) is 2.20. The van der Waals surface area contributed by atoms with Crippen molar-refractivity contribution in [2.45, 2.75) is 39.2 Å². The van der Waals surface area contributed by atoms with Crippen molar-refractivity contribution in [2.75, 3.05) is 0 Å². The summed E-state index contributed by atoms with van der Waals surface area (Å²) in [7, 11) is 0. The van der Waals surface area contributed by atoms with Gasteiger partial charge in [-0.15, -0.1) is 0 Å². The molecule has 1 unspecified atom stereocenters. The number of benzene rings is 1. The fourth-order valence-electron chi connectivity index (χ4n) is 1.49. The first-order valence-corrected chi connectivity index (χ1v) is 5.19. The first kappa shape index (κ1) is 12.1. The summed E-state index contributed by atoms with van der Waals surface area (Å²) in [6.45, 7) is 3.56. The van der Waals surface area contributed by atoms with Crippen LogP contribution in [0.2, 0.25) is 0 Å². The number of rotatable bonds is 4. The van der Waals surface area contributed by atoms with E-state index in [2.05, 4.69) is 0 Å². The highest BCUT2D eigenvalue weighted by molar-refractivity contribution is 5.27. The van der Waals surface area contributed by atoms with E-state index in [1.807, 2.05) is 6.92 Å². The van der Waals surface area contributed by atoms with E-state index >= 15 is 0 Å². The third-order valence-corrected chi connectivity index (χ3v) is 2.47. The minimum absolute atomic E-state index is 0.197. The van der Waals surface area contributed by atoms with E-state index in [1.165, 1.54) is 6.07 Å². The molecule has 0 bridgehead atoms. The highest BCUT2D eigenvalue weighted by Gasteiger charge is 2.14. The lowest BCUT2D eigenvalue weighted by Crippen LogP contribution is -2.02. The van der Waals surface area contributed by atoms with Gasteiger partial charge in [0, 0.05) is 11.6 Å². The van der Waals surface area contributed by atoms with Crippen LogP contribution in [0, 0.1) is 18.6 Å². The Kier molecular flexibility index (Phi) is 4.21. The van der Waals surface area contributed by atoms with Crippen molar-refractivity contribution in [2.24, 2.45) is 0 Å². The van der Waals surface area contributed by atoms with Gasteiger partial charge in [-0.05, 0) is 25.0 Å². The van der Waals surface area contributed by atoms with Crippen molar-refractivity contribution in [3.8, 4) is 0 Å². The zero-order valence-corrected chi connectivity index (χ0v) is 9.06. The van der Waals surface area contributed by atoms with Crippen LogP contribution in [-0.4, -0.2) is 5.11 Å². The zero-order valence-electron chi connectivity index (χ0n) is 9.06. The fraction of sp³-hybridized carbons (Fsp3) is 0.500. The smallest absolute Gasteiger partial charge is 0.131 e. The Bertz CT molecular complexity index is 337. The summed E-state index contributed by atoms with van der Waals surface area (Å²) in [6.07, 6.45) is 1.46. The lowest BCUT2D eigenvalue weighted by Gasteiger charge is -2.12. The molecule has 0 spiro atoms. The molecule has 0 aliphatic heterocycles. The fourth-order valence-corrected chi connectivity index (χ4v) is 1.49. The highest BCUT2D eigenvalue weighted by atomic mass is 19.1. The molecule has 0 fully saturated rings. The molecule has 1 aromatic carbocycles. The Morgan fingerprint density at radius 3 is 2.53 bits per heavy atom. The summed E-state index contributed by atoms with van der Waals surface area (Å²) in [5.74, 6) is -1.24. The summed E-state index contributed by atoms with van der Waals surface area (Å²) in [5, 5.41) is 9.69. The monoisotopic (exact) mass is 214 g/mol. The maximum atomic E-state index is 13.3. The van der Waals surface area contributed by atoms with Crippen LogP contribution in [0.3, 0.4) is 0 Å². The first-order valence-electron chi connectivity index (χ1n) is 5.19. The van der Waals surface area contributed by atoms with E-state index in [0.717, 1.165) is 18.9 Å². The van der Waals surface area contributed by atoms with Crippen molar-refractivity contribution in [3.63, 3.8) is 0 Å². The molecule has 15 heavy (non-hydrogen) atoms. The largest absolute Gasteiger partial charge is 0.388 e. The van der Waals surface area contributed by atoms with Gasteiger partial charge < -0.3 is 5.11 Å². The van der Waals surface area contributed by atoms with Gasteiger partial charge in [0.25, 0.3) is 0 Å². The molecule has 0 aliphatic rings. The molecule has 1 nitrogen and oxygen atoms in total. The SMILES string of the molecule is CCCCC(O)c1cc(C)c(F)cc1F. The minimum atomic E-state index is -0.829. The summed E-state index contributed by atoms with van der Waals surface area (Å²) in [4.78, 5) is 0. The van der Waals surface area contributed by atoms with Gasteiger partial charge in [0.05, 0.1) is 6.10 Å². The minimum Gasteiger partial charge on any atom is -0.388 e. The normalized spacial score (nSPS) is 12.9. The lowest BCUT2D eigenvalue weighted by molar-refractivity contribution is 0.159. The van der Waals surface area contributed by atoms with Crippen molar-refractivity contribution < 1.29 is 13.9 Å². The summed E-state index contributed by atoms with van der Waals surface area (Å²) in [6, 6.07) is 2.21. The number of halogens is 2. The van der Waals surface area contributed by atoms with Crippen LogP contribution in [0.5, 0.6) is 0 Å². The number of unbranched alkanes of at least 4 members (excludes halogenated alkanes) is 1. The van der Waals surface area contributed by atoms with E-state index in [4.69, 9.17) is 0 Å². The molecule has 1 atom stereocenters. The molecule has 1 rings (SSSR count). The molecule has 0 saturated heterocycles. The number of aryl methyl sites for hydroxylation is 1. The molecular weight excluding hydrogens is 198 g/mol. The van der Waals surface area contributed by atoms with Crippen LogP contribution < -0.4 is 0 Å². The zero-order chi connectivity index (χ0) is 11.4. The molecule has 0 aliphatic carbocycles. The van der Waals surface area contributed by atoms with Crippen LogP contribution in [0.15, 0.2) is 12.1 Å². The number of aliphatic hydroxyl groups excluding tert-OH is 1. The summed E-state index contributed by atoms with van der Waals surface area (Å²) < 4.78 is 26.3. The predicted molar refractivity (Wildman–Crippen MR) is 55.6 cm³/mol. The first-order chi connectivity index (χ1) is 7.06. The van der Waals surface area contributed by atoms with Crippen LogP contribution in [-0.2, 0) is 0 Å². The molecule has 0 radical (unpaired) electrons. The van der Waals surface area contributed by atoms with Gasteiger partial charge in [0.2, 0.25) is 0 Å². The van der Waals surface area contributed by atoms with Gasteiger partial charge in [-0.1, -0.05) is 19.8 Å². The molecular formula is C12H16F2O. The van der Waals surface area contributed by atoms with Gasteiger partial charge in [-0.3, -0.25) is 0 Å². The molecule has 3 heteroatoms. The Morgan fingerprint density at radius 1 is 1.27 bits per heavy atom. The van der Waals surface area contributed by atoms with Crippen LogP contribution >= 0.6 is 0 Å². The molecule has 0 heterocycles. The Balaban J connectivity index is 2.88. The maximum Gasteiger partial charge on any atom is 0.131 e. The predicted octanol–water partition coefficient (Wildman–Crippen LogP) is 3.50. The van der Waals surface area contributed by atoms with E-state index in [9.17, 15) is 13.9 Å². The molecule has 0 amide bonds. The second kappa shape index (κ2) is 5.21. The average molecular weight is 214 g/mol. The van der Waals surface area contributed by atoms with Crippen molar-refractivity contribution in [1.29, 1.82) is 0 Å². The number of aliphatic hydroxyl groups is 1. The second-order valence-corrected chi connectivity index (χ2v) is 3.78. The van der Waals surface area contributed by atoms with Crippen LogP contribution in [0.4, 0.5) is 8.78 Å². The van der Waals surface area contributed by atoms with Crippen molar-refractivity contribution in [3.05, 3.63) is 34.9 Å². The van der Waals surface area contributed by atoms with E-state index in [0.29, 0.717) is 12.0 Å². The molecule has 0 aromatic heterocycles. The van der Waals surface area contributed by atoms with Crippen molar-refractivity contribution in [1.82, 2.24) is 0 Å². The number of hydrogen-bond acceptors (Lipinski definition) is 1. The third-order valence-electron chi connectivity index (χ3n) is 2.47. The van der Waals surface area contributed by atoms with Crippen molar-refractivity contribution >= 4 is 0 Å². The Morgan fingerprint density at radius 2 is 1.93 bits per heavy atom. The molecule has 1 N–H and O–H groups in total. The Hall–Kier alpha value is -0.960. The van der Waals surface area contributed by atoms with Gasteiger partial charge >= 0.3 is 0 Å². The molecule has 0 saturated carbocycles. The molecule has 84 valence electrons. The van der Waals surface area contributed by atoms with E-state index in [1.54, 1.807) is 6.92 Å². The topological polar surface area (TPSA) is 20.2 Å². The summed E-state index contributed by atoms with van der Waals surface area (Å²) >= 11 is 0. The maximum absolute atomic E-state index is 13.3. The van der Waals surface area contributed by atoms with Gasteiger partial charge in [0.1, 0.15) is 11.6 Å². The number of hydrogen-bond donors (Lipinski definition) is 1. The van der Waals surface area contributed by atoms with E-state index < -0.39 is 17.7 Å². The van der Waals surface area contributed by atoms with Gasteiger partial charge in [0.15, 0.2) is 0 Å². The third kappa shape index (κ3) is 2.99. The van der Waals surface area contributed by atoms with Gasteiger partial charge in [-0.2, -0.15) is 0 Å². The summed E-state index contributed by atoms with van der Waals surface area (Å²) in [5.41, 5.74) is 0.560. The second-order valence-electron chi connectivity index (χ2n) is 3.78. The standard InChI is InChI=1S/C12H16F2O/c1-3-4-5-12(15)9-6-8(2)10(13)7-11(9)14/h6-7,12,15H,3-5H2,1-2H3. The highest BCUT2D eigenvalue weighted by Crippen LogP contribution is 2.24. The lowest BCUT2D eigenvalue weighted by atomic mass is 10.0. The Labute approximate surface area is 88.7 Å². The van der Waals surface area contributed by atoms with Crippen LogP contribution in [0.1, 0.15) is 43.4 Å².